The van der Waals surface area contributed by atoms with E-state index in [0.29, 0.717) is 31.3 Å². The van der Waals surface area contributed by atoms with Crippen LogP contribution >= 0.6 is 0 Å². The summed E-state index contributed by atoms with van der Waals surface area (Å²) in [5, 5.41) is 4.25. The van der Waals surface area contributed by atoms with Crippen LogP contribution in [0.25, 0.3) is 5.69 Å². The van der Waals surface area contributed by atoms with E-state index in [-0.39, 0.29) is 17.2 Å². The highest BCUT2D eigenvalue weighted by atomic mass is 16.5. The number of amides is 1. The van der Waals surface area contributed by atoms with E-state index in [2.05, 4.69) is 5.10 Å². The quantitative estimate of drug-likeness (QED) is 0.779. The number of rotatable bonds is 7. The van der Waals surface area contributed by atoms with Gasteiger partial charge >= 0.3 is 0 Å². The largest absolute Gasteiger partial charge is 0.383 e. The Hall–Kier alpha value is -2.47. The summed E-state index contributed by atoms with van der Waals surface area (Å²) >= 11 is 0. The Morgan fingerprint density at radius 1 is 1.21 bits per heavy atom. The maximum absolute atomic E-state index is 12.8. The standard InChI is InChI=1S/C18H23N3O3/c1-14(2)13-20(11-12-24-3)18(23)16-9-10-17(22)21(19-16)15-7-5-4-6-8-15/h4-10,14H,11-13H2,1-3H3. The molecule has 1 aromatic heterocycles. The van der Waals surface area contributed by atoms with Gasteiger partial charge in [-0.3, -0.25) is 9.59 Å². The van der Waals surface area contributed by atoms with Gasteiger partial charge in [-0.25, -0.2) is 0 Å². The SMILES string of the molecule is COCCN(CC(C)C)C(=O)c1ccc(=O)n(-c2ccccc2)n1. The van der Waals surface area contributed by atoms with Crippen LogP contribution in [-0.4, -0.2) is 47.4 Å². The summed E-state index contributed by atoms with van der Waals surface area (Å²) in [7, 11) is 1.60. The molecule has 6 heteroatoms. The number of carbonyl (C=O) groups is 1. The monoisotopic (exact) mass is 329 g/mol. The van der Waals surface area contributed by atoms with E-state index in [1.54, 1.807) is 24.1 Å². The summed E-state index contributed by atoms with van der Waals surface area (Å²) in [6.07, 6.45) is 0. The van der Waals surface area contributed by atoms with Crippen LogP contribution in [0.2, 0.25) is 0 Å². The summed E-state index contributed by atoms with van der Waals surface area (Å²) in [4.78, 5) is 26.5. The number of para-hydroxylation sites is 1. The lowest BCUT2D eigenvalue weighted by atomic mass is 10.2. The minimum atomic E-state index is -0.273. The molecule has 0 radical (unpaired) electrons. The van der Waals surface area contributed by atoms with Crippen molar-refractivity contribution in [2.45, 2.75) is 13.8 Å². The highest BCUT2D eigenvalue weighted by molar-refractivity contribution is 5.92. The molecule has 0 fully saturated rings. The van der Waals surface area contributed by atoms with Gasteiger partial charge in [0.15, 0.2) is 0 Å². The van der Waals surface area contributed by atoms with Crippen LogP contribution in [0.3, 0.4) is 0 Å². The number of methoxy groups -OCH3 is 1. The fourth-order valence-corrected chi connectivity index (χ4v) is 2.36. The van der Waals surface area contributed by atoms with E-state index >= 15 is 0 Å². The molecule has 2 rings (SSSR count). The van der Waals surface area contributed by atoms with Gasteiger partial charge in [-0.2, -0.15) is 9.78 Å². The average molecular weight is 329 g/mol. The third kappa shape index (κ3) is 4.52. The topological polar surface area (TPSA) is 64.4 Å². The Morgan fingerprint density at radius 3 is 2.54 bits per heavy atom. The maximum Gasteiger partial charge on any atom is 0.274 e. The van der Waals surface area contributed by atoms with Gasteiger partial charge in [-0.05, 0) is 24.1 Å². The molecule has 0 saturated heterocycles. The van der Waals surface area contributed by atoms with Crippen LogP contribution < -0.4 is 5.56 Å². The molecule has 1 aromatic carbocycles. The molecule has 0 N–H and O–H groups in total. The van der Waals surface area contributed by atoms with Crippen molar-refractivity contribution in [1.82, 2.24) is 14.7 Å². The Bertz CT molecular complexity index is 726. The Kier molecular flexibility index (Phi) is 6.26. The molecule has 0 spiro atoms. The van der Waals surface area contributed by atoms with Crippen molar-refractivity contribution < 1.29 is 9.53 Å². The van der Waals surface area contributed by atoms with Crippen molar-refractivity contribution >= 4 is 5.91 Å². The molecular formula is C18H23N3O3. The highest BCUT2D eigenvalue weighted by Gasteiger charge is 2.19. The smallest absolute Gasteiger partial charge is 0.274 e. The molecule has 0 aliphatic rings. The molecule has 1 amide bonds. The summed E-state index contributed by atoms with van der Waals surface area (Å²) in [5.74, 6) is 0.122. The molecule has 0 atom stereocenters. The molecule has 6 nitrogen and oxygen atoms in total. The molecule has 1 heterocycles. The van der Waals surface area contributed by atoms with E-state index in [0.717, 1.165) is 0 Å². The van der Waals surface area contributed by atoms with E-state index in [4.69, 9.17) is 4.74 Å². The highest BCUT2D eigenvalue weighted by Crippen LogP contribution is 2.07. The number of hydrogen-bond acceptors (Lipinski definition) is 4. The molecule has 128 valence electrons. The first-order chi connectivity index (χ1) is 11.5. The van der Waals surface area contributed by atoms with Gasteiger partial charge in [0, 0.05) is 26.3 Å². The van der Waals surface area contributed by atoms with Gasteiger partial charge in [-0.15, -0.1) is 0 Å². The zero-order valence-electron chi connectivity index (χ0n) is 14.3. The second kappa shape index (κ2) is 8.40. The van der Waals surface area contributed by atoms with E-state index in [1.165, 1.54) is 16.8 Å². The van der Waals surface area contributed by atoms with E-state index in [1.807, 2.05) is 32.0 Å². The van der Waals surface area contributed by atoms with E-state index < -0.39 is 0 Å². The number of carbonyl (C=O) groups excluding carboxylic acids is 1. The molecule has 0 bridgehead atoms. The third-order valence-corrected chi connectivity index (χ3v) is 3.46. The third-order valence-electron chi connectivity index (χ3n) is 3.46. The zero-order chi connectivity index (χ0) is 17.5. The Morgan fingerprint density at radius 2 is 1.92 bits per heavy atom. The number of nitrogens with zero attached hydrogens (tertiary/aromatic N) is 3. The second-order valence-corrected chi connectivity index (χ2v) is 5.94. The van der Waals surface area contributed by atoms with Gasteiger partial charge in [0.2, 0.25) is 0 Å². The zero-order valence-corrected chi connectivity index (χ0v) is 14.3. The van der Waals surface area contributed by atoms with Gasteiger partial charge in [0.25, 0.3) is 11.5 Å². The number of aromatic nitrogens is 2. The second-order valence-electron chi connectivity index (χ2n) is 5.94. The van der Waals surface area contributed by atoms with Crippen LogP contribution in [0.5, 0.6) is 0 Å². The van der Waals surface area contributed by atoms with Crippen LogP contribution in [0, 0.1) is 5.92 Å². The van der Waals surface area contributed by atoms with Crippen LogP contribution in [0.15, 0.2) is 47.3 Å². The number of benzene rings is 1. The first-order valence-corrected chi connectivity index (χ1v) is 7.97. The van der Waals surface area contributed by atoms with Crippen molar-refractivity contribution in [1.29, 1.82) is 0 Å². The lowest BCUT2D eigenvalue weighted by molar-refractivity contribution is 0.0664. The Labute approximate surface area is 141 Å². The predicted octanol–water partition coefficient (Wildman–Crippen LogP) is 1.98. The van der Waals surface area contributed by atoms with Gasteiger partial charge in [0.05, 0.1) is 12.3 Å². The Balaban J connectivity index is 2.33. The molecule has 0 saturated carbocycles. The molecule has 0 aliphatic carbocycles. The predicted molar refractivity (Wildman–Crippen MR) is 92.5 cm³/mol. The summed E-state index contributed by atoms with van der Waals surface area (Å²) in [5.41, 5.74) is 0.602. The fourth-order valence-electron chi connectivity index (χ4n) is 2.36. The van der Waals surface area contributed by atoms with Gasteiger partial charge < -0.3 is 9.64 Å². The molecule has 24 heavy (non-hydrogen) atoms. The first kappa shape index (κ1) is 17.9. The number of ether oxygens (including phenoxy) is 1. The molecule has 2 aromatic rings. The lowest BCUT2D eigenvalue weighted by Gasteiger charge is -2.24. The average Bonchev–Trinajstić information content (AvgIpc) is 2.59. The van der Waals surface area contributed by atoms with Crippen molar-refractivity contribution in [3.05, 3.63) is 58.5 Å². The van der Waals surface area contributed by atoms with Crippen molar-refractivity contribution in [3.63, 3.8) is 0 Å². The first-order valence-electron chi connectivity index (χ1n) is 7.97. The van der Waals surface area contributed by atoms with Gasteiger partial charge in [0.1, 0.15) is 5.69 Å². The summed E-state index contributed by atoms with van der Waals surface area (Å²) < 4.78 is 6.33. The summed E-state index contributed by atoms with van der Waals surface area (Å²) in [6.45, 7) is 5.64. The minimum Gasteiger partial charge on any atom is -0.383 e. The van der Waals surface area contributed by atoms with Gasteiger partial charge in [-0.1, -0.05) is 32.0 Å². The van der Waals surface area contributed by atoms with Crippen molar-refractivity contribution in [2.24, 2.45) is 5.92 Å². The lowest BCUT2D eigenvalue weighted by Crippen LogP contribution is -2.38. The van der Waals surface area contributed by atoms with Crippen LogP contribution in [-0.2, 0) is 4.74 Å². The molecule has 0 unspecified atom stereocenters. The molecule has 0 aliphatic heterocycles. The fraction of sp³-hybridized carbons (Fsp3) is 0.389. The van der Waals surface area contributed by atoms with Crippen LogP contribution in [0.4, 0.5) is 0 Å². The number of hydrogen-bond donors (Lipinski definition) is 0. The maximum atomic E-state index is 12.8. The summed E-state index contributed by atoms with van der Waals surface area (Å²) in [6, 6.07) is 11.9. The molecular weight excluding hydrogens is 306 g/mol. The van der Waals surface area contributed by atoms with E-state index in [9.17, 15) is 9.59 Å². The van der Waals surface area contributed by atoms with Crippen molar-refractivity contribution in [3.8, 4) is 5.69 Å². The van der Waals surface area contributed by atoms with Crippen molar-refractivity contribution in [2.75, 3.05) is 26.8 Å². The normalized spacial score (nSPS) is 10.8. The minimum absolute atomic E-state index is 0.203. The van der Waals surface area contributed by atoms with Crippen LogP contribution in [0.1, 0.15) is 24.3 Å².